The number of carbonyl (C=O) groups excluding carboxylic acids is 2. The summed E-state index contributed by atoms with van der Waals surface area (Å²) < 4.78 is 0. The molecule has 1 rings (SSSR count). The number of carbonyl (C=O) groups is 2. The minimum absolute atomic E-state index is 0.302. The molecule has 0 aromatic heterocycles. The van der Waals surface area contributed by atoms with E-state index in [-0.39, 0.29) is 11.8 Å². The van der Waals surface area contributed by atoms with Crippen molar-refractivity contribution in [3.63, 3.8) is 0 Å². The first-order valence-electron chi connectivity index (χ1n) is 4.82. The lowest BCUT2D eigenvalue weighted by atomic mass is 10.2. The van der Waals surface area contributed by atoms with E-state index in [4.69, 9.17) is 0 Å². The maximum absolute atomic E-state index is 11.2. The molecule has 0 aliphatic carbocycles. The Balaban J connectivity index is 0.000000921. The number of rotatable bonds is 1. The number of hydrazine groups is 1. The van der Waals surface area contributed by atoms with E-state index in [1.807, 2.05) is 19.9 Å². The van der Waals surface area contributed by atoms with E-state index in [0.717, 1.165) is 0 Å². The highest BCUT2D eigenvalue weighted by atomic mass is 16.2. The molecule has 1 aromatic carbocycles. The third-order valence-electron chi connectivity index (χ3n) is 1.39. The van der Waals surface area contributed by atoms with Gasteiger partial charge in [-0.05, 0) is 12.1 Å². The molecule has 0 saturated carbocycles. The SMILES string of the molecule is CC.CC(=O)NNC(=O)c1ccccc1. The van der Waals surface area contributed by atoms with Gasteiger partial charge in [-0.15, -0.1) is 0 Å². The number of hydrogen-bond donors (Lipinski definition) is 2. The van der Waals surface area contributed by atoms with Crippen molar-refractivity contribution in [2.24, 2.45) is 0 Å². The van der Waals surface area contributed by atoms with Crippen LogP contribution in [0, 0.1) is 0 Å². The summed E-state index contributed by atoms with van der Waals surface area (Å²) in [6.07, 6.45) is 0. The molecule has 4 nitrogen and oxygen atoms in total. The van der Waals surface area contributed by atoms with Crippen LogP contribution in [0.5, 0.6) is 0 Å². The van der Waals surface area contributed by atoms with Crippen molar-refractivity contribution in [2.75, 3.05) is 0 Å². The second-order valence-corrected chi connectivity index (χ2v) is 2.50. The Hall–Kier alpha value is -1.84. The van der Waals surface area contributed by atoms with Gasteiger partial charge < -0.3 is 0 Å². The molecule has 2 amide bonds. The Morgan fingerprint density at radius 3 is 2.00 bits per heavy atom. The molecule has 0 unspecified atom stereocenters. The average molecular weight is 208 g/mol. The number of amides is 2. The zero-order valence-corrected chi connectivity index (χ0v) is 9.20. The van der Waals surface area contributed by atoms with Crippen LogP contribution >= 0.6 is 0 Å². The Kier molecular flexibility index (Phi) is 6.63. The predicted octanol–water partition coefficient (Wildman–Crippen LogP) is 1.49. The van der Waals surface area contributed by atoms with Crippen LogP contribution in [-0.2, 0) is 4.79 Å². The number of benzene rings is 1. The molecule has 2 N–H and O–H groups in total. The van der Waals surface area contributed by atoms with E-state index in [9.17, 15) is 9.59 Å². The first-order valence-corrected chi connectivity index (χ1v) is 4.82. The summed E-state index contributed by atoms with van der Waals surface area (Å²) in [5.74, 6) is -0.625. The summed E-state index contributed by atoms with van der Waals surface area (Å²) in [4.78, 5) is 21.7. The molecule has 15 heavy (non-hydrogen) atoms. The zero-order chi connectivity index (χ0) is 11.7. The average Bonchev–Trinajstić information content (AvgIpc) is 2.30. The van der Waals surface area contributed by atoms with E-state index in [0.29, 0.717) is 5.56 Å². The van der Waals surface area contributed by atoms with E-state index in [1.54, 1.807) is 24.3 Å². The van der Waals surface area contributed by atoms with Crippen LogP contribution in [0.4, 0.5) is 0 Å². The minimum Gasteiger partial charge on any atom is -0.274 e. The Labute approximate surface area is 89.7 Å². The quantitative estimate of drug-likeness (QED) is 0.687. The third kappa shape index (κ3) is 5.46. The van der Waals surface area contributed by atoms with Crippen LogP contribution in [-0.4, -0.2) is 11.8 Å². The fourth-order valence-corrected chi connectivity index (χ4v) is 0.806. The lowest BCUT2D eigenvalue weighted by molar-refractivity contribution is -0.119. The van der Waals surface area contributed by atoms with Crippen LogP contribution in [0.25, 0.3) is 0 Å². The molecule has 1 aromatic rings. The maximum atomic E-state index is 11.2. The summed E-state index contributed by atoms with van der Waals surface area (Å²) in [6, 6.07) is 8.65. The molecule has 0 spiro atoms. The van der Waals surface area contributed by atoms with Crippen molar-refractivity contribution in [3.05, 3.63) is 35.9 Å². The van der Waals surface area contributed by atoms with Gasteiger partial charge in [0.1, 0.15) is 0 Å². The lowest BCUT2D eigenvalue weighted by Gasteiger charge is -2.03. The molecular weight excluding hydrogens is 192 g/mol. The van der Waals surface area contributed by atoms with Gasteiger partial charge >= 0.3 is 0 Å². The monoisotopic (exact) mass is 208 g/mol. The molecule has 0 radical (unpaired) electrons. The van der Waals surface area contributed by atoms with Crippen LogP contribution in [0.2, 0.25) is 0 Å². The highest BCUT2D eigenvalue weighted by molar-refractivity contribution is 5.95. The van der Waals surface area contributed by atoms with Crippen LogP contribution in [0.15, 0.2) is 30.3 Å². The van der Waals surface area contributed by atoms with Crippen molar-refractivity contribution < 1.29 is 9.59 Å². The normalized spacial score (nSPS) is 8.20. The maximum Gasteiger partial charge on any atom is 0.269 e. The van der Waals surface area contributed by atoms with E-state index in [1.165, 1.54) is 6.92 Å². The molecule has 0 heterocycles. The van der Waals surface area contributed by atoms with E-state index >= 15 is 0 Å². The molecule has 4 heteroatoms. The first kappa shape index (κ1) is 13.2. The molecular formula is C11H16N2O2. The fraction of sp³-hybridized carbons (Fsp3) is 0.273. The standard InChI is InChI=1S/C9H10N2O2.C2H6/c1-7(12)10-11-9(13)8-5-3-2-4-6-8;1-2/h2-6H,1H3,(H,10,12)(H,11,13);1-2H3. The molecule has 0 fully saturated rings. The fourth-order valence-electron chi connectivity index (χ4n) is 0.806. The Bertz CT molecular complexity index is 310. The van der Waals surface area contributed by atoms with Gasteiger partial charge in [-0.1, -0.05) is 32.0 Å². The van der Waals surface area contributed by atoms with Gasteiger partial charge in [0.2, 0.25) is 5.91 Å². The van der Waals surface area contributed by atoms with Gasteiger partial charge in [-0.3, -0.25) is 20.4 Å². The van der Waals surface area contributed by atoms with Crippen molar-refractivity contribution in [1.82, 2.24) is 10.9 Å². The summed E-state index contributed by atoms with van der Waals surface area (Å²) in [7, 11) is 0. The molecule has 0 saturated heterocycles. The second-order valence-electron chi connectivity index (χ2n) is 2.50. The Morgan fingerprint density at radius 1 is 1.00 bits per heavy atom. The molecule has 0 aliphatic heterocycles. The Morgan fingerprint density at radius 2 is 1.53 bits per heavy atom. The number of hydrogen-bond acceptors (Lipinski definition) is 2. The van der Waals surface area contributed by atoms with Crippen LogP contribution in [0.1, 0.15) is 31.1 Å². The lowest BCUT2D eigenvalue weighted by Crippen LogP contribution is -2.40. The van der Waals surface area contributed by atoms with Crippen molar-refractivity contribution in [2.45, 2.75) is 20.8 Å². The van der Waals surface area contributed by atoms with Gasteiger partial charge in [-0.25, -0.2) is 0 Å². The van der Waals surface area contributed by atoms with Gasteiger partial charge in [0.25, 0.3) is 5.91 Å². The largest absolute Gasteiger partial charge is 0.274 e. The zero-order valence-electron chi connectivity index (χ0n) is 9.20. The summed E-state index contributed by atoms with van der Waals surface area (Å²) >= 11 is 0. The van der Waals surface area contributed by atoms with E-state index in [2.05, 4.69) is 10.9 Å². The van der Waals surface area contributed by atoms with Crippen LogP contribution < -0.4 is 10.9 Å². The van der Waals surface area contributed by atoms with Crippen molar-refractivity contribution in [3.8, 4) is 0 Å². The molecule has 0 atom stereocenters. The molecule has 0 bridgehead atoms. The van der Waals surface area contributed by atoms with Crippen LogP contribution in [0.3, 0.4) is 0 Å². The molecule has 82 valence electrons. The van der Waals surface area contributed by atoms with Gasteiger partial charge in [-0.2, -0.15) is 0 Å². The summed E-state index contributed by atoms with van der Waals surface area (Å²) in [5.41, 5.74) is 4.98. The van der Waals surface area contributed by atoms with Gasteiger partial charge in [0.15, 0.2) is 0 Å². The number of nitrogens with one attached hydrogen (secondary N) is 2. The third-order valence-corrected chi connectivity index (χ3v) is 1.39. The molecule has 0 aliphatic rings. The first-order chi connectivity index (χ1) is 7.20. The topological polar surface area (TPSA) is 58.2 Å². The van der Waals surface area contributed by atoms with Crippen molar-refractivity contribution in [1.29, 1.82) is 0 Å². The van der Waals surface area contributed by atoms with E-state index < -0.39 is 0 Å². The smallest absolute Gasteiger partial charge is 0.269 e. The highest BCUT2D eigenvalue weighted by Gasteiger charge is 2.02. The summed E-state index contributed by atoms with van der Waals surface area (Å²) in [5, 5.41) is 0. The van der Waals surface area contributed by atoms with Crippen molar-refractivity contribution >= 4 is 11.8 Å². The van der Waals surface area contributed by atoms with Gasteiger partial charge in [0.05, 0.1) is 0 Å². The minimum atomic E-state index is -0.323. The second kappa shape index (κ2) is 7.55. The summed E-state index contributed by atoms with van der Waals surface area (Å²) in [6.45, 7) is 5.32. The predicted molar refractivity (Wildman–Crippen MR) is 59.1 cm³/mol. The highest BCUT2D eigenvalue weighted by Crippen LogP contribution is 1.96. The van der Waals surface area contributed by atoms with Gasteiger partial charge in [0, 0.05) is 12.5 Å².